The summed E-state index contributed by atoms with van der Waals surface area (Å²) in [5.74, 6) is -2.34. The third-order valence-corrected chi connectivity index (χ3v) is 2.04. The van der Waals surface area contributed by atoms with Crippen LogP contribution in [0.1, 0.15) is 18.0 Å². The van der Waals surface area contributed by atoms with Gasteiger partial charge < -0.3 is 10.5 Å². The first-order chi connectivity index (χ1) is 8.19. The van der Waals surface area contributed by atoms with Crippen molar-refractivity contribution in [2.24, 2.45) is 5.73 Å². The van der Waals surface area contributed by atoms with E-state index < -0.39 is 36.8 Å². The highest BCUT2D eigenvalue weighted by Crippen LogP contribution is 2.28. The van der Waals surface area contributed by atoms with E-state index in [1.165, 1.54) is 0 Å². The zero-order chi connectivity index (χ0) is 13.9. The topological polar surface area (TPSA) is 35.2 Å². The van der Waals surface area contributed by atoms with Gasteiger partial charge in [-0.1, -0.05) is 6.07 Å². The summed E-state index contributed by atoms with van der Waals surface area (Å²) in [6.45, 7) is 0. The smallest absolute Gasteiger partial charge is 0.403 e. The molecule has 0 radical (unpaired) electrons. The highest BCUT2D eigenvalue weighted by Gasteiger charge is 2.32. The average molecular weight is 310 g/mol. The van der Waals surface area contributed by atoms with Crippen LogP contribution in [-0.2, 0) is 0 Å². The lowest BCUT2D eigenvalue weighted by molar-refractivity contribution is -0.275. The molecule has 0 aliphatic carbocycles. The minimum atomic E-state index is -5.02. The van der Waals surface area contributed by atoms with Crippen LogP contribution in [0.4, 0.5) is 26.3 Å². The minimum absolute atomic E-state index is 0. The standard InChI is InChI=1S/C10H9F6NO.ClH/c11-6-3-5(7(17)4-9(12)13)1-2-8(6)18-10(14,15)16;/h1-3,7,9H,4,17H2;1H/t7-;/m1./s1. The zero-order valence-corrected chi connectivity index (χ0v) is 10.1. The summed E-state index contributed by atoms with van der Waals surface area (Å²) in [5.41, 5.74) is 5.31. The van der Waals surface area contributed by atoms with Crippen LogP contribution in [-0.4, -0.2) is 12.8 Å². The van der Waals surface area contributed by atoms with Gasteiger partial charge in [0.25, 0.3) is 0 Å². The van der Waals surface area contributed by atoms with Crippen LogP contribution in [0, 0.1) is 5.82 Å². The summed E-state index contributed by atoms with van der Waals surface area (Å²) in [4.78, 5) is 0. The number of ether oxygens (including phenoxy) is 1. The molecule has 1 atom stereocenters. The molecule has 1 aromatic carbocycles. The molecule has 0 aliphatic heterocycles. The van der Waals surface area contributed by atoms with Crippen LogP contribution in [0.2, 0.25) is 0 Å². The van der Waals surface area contributed by atoms with Crippen LogP contribution in [0.25, 0.3) is 0 Å². The van der Waals surface area contributed by atoms with Crippen molar-refractivity contribution >= 4 is 12.4 Å². The molecule has 0 aliphatic rings. The number of rotatable bonds is 4. The average Bonchev–Trinajstić information content (AvgIpc) is 2.18. The Bertz CT molecular complexity index is 411. The van der Waals surface area contributed by atoms with Crippen molar-refractivity contribution in [2.45, 2.75) is 25.3 Å². The van der Waals surface area contributed by atoms with Gasteiger partial charge in [0, 0.05) is 12.5 Å². The third-order valence-electron chi connectivity index (χ3n) is 2.04. The lowest BCUT2D eigenvalue weighted by atomic mass is 10.0. The molecule has 0 aromatic heterocycles. The Morgan fingerprint density at radius 3 is 2.21 bits per heavy atom. The fraction of sp³-hybridized carbons (Fsp3) is 0.400. The fourth-order valence-electron chi connectivity index (χ4n) is 1.28. The molecule has 0 fully saturated rings. The Morgan fingerprint density at radius 2 is 1.79 bits per heavy atom. The molecule has 1 rings (SSSR count). The predicted molar refractivity (Wildman–Crippen MR) is 57.9 cm³/mol. The monoisotopic (exact) mass is 309 g/mol. The number of hydrogen-bond donors (Lipinski definition) is 1. The van der Waals surface area contributed by atoms with Crippen molar-refractivity contribution in [1.29, 1.82) is 0 Å². The Kier molecular flexibility index (Phi) is 6.44. The quantitative estimate of drug-likeness (QED) is 0.859. The summed E-state index contributed by atoms with van der Waals surface area (Å²) < 4.78 is 76.2. The molecule has 0 unspecified atom stereocenters. The number of benzene rings is 1. The van der Waals surface area contributed by atoms with Crippen LogP contribution in [0.3, 0.4) is 0 Å². The van der Waals surface area contributed by atoms with Crippen LogP contribution in [0.5, 0.6) is 5.75 Å². The second-order valence-electron chi connectivity index (χ2n) is 3.47. The van der Waals surface area contributed by atoms with E-state index in [0.29, 0.717) is 12.1 Å². The van der Waals surface area contributed by atoms with E-state index in [4.69, 9.17) is 5.73 Å². The van der Waals surface area contributed by atoms with Gasteiger partial charge in [-0.2, -0.15) is 0 Å². The Hall–Kier alpha value is -1.15. The van der Waals surface area contributed by atoms with Crippen LogP contribution >= 0.6 is 12.4 Å². The van der Waals surface area contributed by atoms with Crippen molar-refractivity contribution < 1.29 is 31.1 Å². The zero-order valence-electron chi connectivity index (χ0n) is 9.26. The summed E-state index contributed by atoms with van der Waals surface area (Å²) >= 11 is 0. The van der Waals surface area contributed by atoms with Crippen LogP contribution in [0.15, 0.2) is 18.2 Å². The highest BCUT2D eigenvalue weighted by atomic mass is 35.5. The summed E-state index contributed by atoms with van der Waals surface area (Å²) in [6, 6.07) is 1.20. The van der Waals surface area contributed by atoms with E-state index in [-0.39, 0.29) is 18.0 Å². The second-order valence-corrected chi connectivity index (χ2v) is 3.47. The Labute approximate surface area is 110 Å². The Balaban J connectivity index is 0.00000324. The lowest BCUT2D eigenvalue weighted by Gasteiger charge is -2.14. The van der Waals surface area contributed by atoms with Gasteiger partial charge in [0.05, 0.1) is 0 Å². The third kappa shape index (κ3) is 6.02. The maximum absolute atomic E-state index is 13.2. The molecule has 0 heterocycles. The van der Waals surface area contributed by atoms with Crippen molar-refractivity contribution in [3.05, 3.63) is 29.6 Å². The largest absolute Gasteiger partial charge is 0.573 e. The van der Waals surface area contributed by atoms with Gasteiger partial charge >= 0.3 is 6.36 Å². The summed E-state index contributed by atoms with van der Waals surface area (Å²) in [7, 11) is 0. The van der Waals surface area contributed by atoms with Gasteiger partial charge in [-0.15, -0.1) is 25.6 Å². The van der Waals surface area contributed by atoms with Gasteiger partial charge in [-0.05, 0) is 17.7 Å². The van der Waals surface area contributed by atoms with Gasteiger partial charge in [0.15, 0.2) is 11.6 Å². The van der Waals surface area contributed by atoms with Crippen molar-refractivity contribution in [2.75, 3.05) is 0 Å². The molecular formula is C10H10ClF6NO. The maximum atomic E-state index is 13.2. The molecule has 0 spiro atoms. The highest BCUT2D eigenvalue weighted by molar-refractivity contribution is 5.85. The van der Waals surface area contributed by atoms with Crippen molar-refractivity contribution in [1.82, 2.24) is 0 Å². The van der Waals surface area contributed by atoms with Gasteiger partial charge in [-0.25, -0.2) is 13.2 Å². The maximum Gasteiger partial charge on any atom is 0.573 e. The minimum Gasteiger partial charge on any atom is -0.403 e. The van der Waals surface area contributed by atoms with E-state index in [1.807, 2.05) is 0 Å². The number of nitrogens with two attached hydrogens (primary N) is 1. The SMILES string of the molecule is Cl.N[C@H](CC(F)F)c1ccc(OC(F)(F)F)c(F)c1. The second kappa shape index (κ2) is 6.85. The molecule has 110 valence electrons. The van der Waals surface area contributed by atoms with E-state index in [9.17, 15) is 26.3 Å². The molecule has 1 aromatic rings. The molecule has 0 amide bonds. The normalized spacial score (nSPS) is 13.1. The molecule has 0 saturated heterocycles. The molecule has 0 bridgehead atoms. The van der Waals surface area contributed by atoms with Crippen LogP contribution < -0.4 is 10.5 Å². The first kappa shape index (κ1) is 17.8. The van der Waals surface area contributed by atoms with E-state index >= 15 is 0 Å². The molecule has 19 heavy (non-hydrogen) atoms. The molecular weight excluding hydrogens is 300 g/mol. The number of hydrogen-bond acceptors (Lipinski definition) is 2. The van der Waals surface area contributed by atoms with E-state index in [2.05, 4.69) is 4.74 Å². The first-order valence-electron chi connectivity index (χ1n) is 4.78. The molecule has 9 heteroatoms. The fourth-order valence-corrected chi connectivity index (χ4v) is 1.28. The lowest BCUT2D eigenvalue weighted by Crippen LogP contribution is -2.18. The van der Waals surface area contributed by atoms with Gasteiger partial charge in [0.1, 0.15) is 0 Å². The van der Waals surface area contributed by atoms with E-state index in [0.717, 1.165) is 6.07 Å². The van der Waals surface area contributed by atoms with Gasteiger partial charge in [-0.3, -0.25) is 0 Å². The molecule has 2 N–H and O–H groups in total. The molecule has 0 saturated carbocycles. The number of alkyl halides is 5. The Morgan fingerprint density at radius 1 is 1.21 bits per heavy atom. The molecule has 2 nitrogen and oxygen atoms in total. The first-order valence-corrected chi connectivity index (χ1v) is 4.78. The number of halogens is 7. The predicted octanol–water partition coefficient (Wildman–Crippen LogP) is 3.80. The van der Waals surface area contributed by atoms with Crippen molar-refractivity contribution in [3.63, 3.8) is 0 Å². The van der Waals surface area contributed by atoms with Gasteiger partial charge in [0.2, 0.25) is 6.43 Å². The van der Waals surface area contributed by atoms with E-state index in [1.54, 1.807) is 0 Å². The van der Waals surface area contributed by atoms with Crippen molar-refractivity contribution in [3.8, 4) is 5.75 Å². The summed E-state index contributed by atoms with van der Waals surface area (Å²) in [5, 5.41) is 0. The summed E-state index contributed by atoms with van der Waals surface area (Å²) in [6.07, 6.45) is -8.42.